The summed E-state index contributed by atoms with van der Waals surface area (Å²) in [5, 5.41) is 8.63. The molecule has 1 unspecified atom stereocenters. The number of hydrogen-bond acceptors (Lipinski definition) is 2. The van der Waals surface area contributed by atoms with Gasteiger partial charge in [0.2, 0.25) is 0 Å². The monoisotopic (exact) mass is 192 g/mol. The molecule has 0 bridgehead atoms. The van der Waals surface area contributed by atoms with Crippen LogP contribution in [0.5, 0.6) is 5.75 Å². The minimum Gasteiger partial charge on any atom is -0.493 e. The van der Waals surface area contributed by atoms with E-state index in [2.05, 4.69) is 0 Å². The number of ether oxygens (including phenoxy) is 1. The second-order valence-electron chi connectivity index (χ2n) is 3.12. The Hall–Kier alpha value is -1.51. The van der Waals surface area contributed by atoms with Crippen molar-refractivity contribution in [3.63, 3.8) is 0 Å². The Morgan fingerprint density at radius 1 is 1.50 bits per heavy atom. The Morgan fingerprint density at radius 2 is 2.07 bits per heavy atom. The molecule has 14 heavy (non-hydrogen) atoms. The first-order valence-electron chi connectivity index (χ1n) is 4.31. The van der Waals surface area contributed by atoms with Crippen molar-refractivity contribution in [2.75, 3.05) is 6.61 Å². The Labute approximate surface area is 83.3 Å². The largest absolute Gasteiger partial charge is 0.493 e. The topological polar surface area (TPSA) is 46.5 Å². The summed E-state index contributed by atoms with van der Waals surface area (Å²) in [6.45, 7) is 7.76. The van der Waals surface area contributed by atoms with Gasteiger partial charge in [-0.05, 0) is 37.1 Å². The normalized spacial score (nSPS) is 10.2. The van der Waals surface area contributed by atoms with Crippen LogP contribution in [0, 0.1) is 12.8 Å². The molecule has 0 fully saturated rings. The van der Waals surface area contributed by atoms with Crippen molar-refractivity contribution in [2.24, 2.45) is 5.92 Å². The maximum atomic E-state index is 10.5. The number of carboxylic acid groups (broad SMARTS) is 1. The third kappa shape index (κ3) is 3.09. The maximum absolute atomic E-state index is 10.5. The highest BCUT2D eigenvalue weighted by atomic mass is 16.5. The van der Waals surface area contributed by atoms with Crippen LogP contribution in [0.4, 0.5) is 0 Å². The van der Waals surface area contributed by atoms with E-state index in [1.165, 1.54) is 12.1 Å². The highest BCUT2D eigenvalue weighted by Crippen LogP contribution is 2.12. The molecule has 0 aliphatic rings. The molecule has 0 aliphatic carbocycles. The van der Waals surface area contributed by atoms with E-state index in [0.29, 0.717) is 12.4 Å². The average Bonchev–Trinajstić information content (AvgIpc) is 2.15. The minimum atomic E-state index is -0.941. The number of carboxylic acids is 1. The van der Waals surface area contributed by atoms with Gasteiger partial charge < -0.3 is 9.84 Å². The molecule has 0 aliphatic heterocycles. The fraction of sp³-hybridized carbons (Fsp3) is 0.273. The van der Waals surface area contributed by atoms with Crippen molar-refractivity contribution in [3.05, 3.63) is 36.8 Å². The Bertz CT molecular complexity index is 301. The van der Waals surface area contributed by atoms with E-state index in [4.69, 9.17) is 16.8 Å². The number of aromatic carboxylic acids is 1. The van der Waals surface area contributed by atoms with Crippen LogP contribution in [0.3, 0.4) is 0 Å². The molecule has 2 radical (unpaired) electrons. The molecule has 0 amide bonds. The third-order valence-electron chi connectivity index (χ3n) is 1.61. The first-order chi connectivity index (χ1) is 6.59. The van der Waals surface area contributed by atoms with Gasteiger partial charge in [-0.15, -0.1) is 0 Å². The summed E-state index contributed by atoms with van der Waals surface area (Å²) in [6, 6.07) is 6.23. The van der Waals surface area contributed by atoms with Gasteiger partial charge in [0.25, 0.3) is 0 Å². The molecule has 0 spiro atoms. The van der Waals surface area contributed by atoms with Crippen molar-refractivity contribution in [2.45, 2.75) is 6.92 Å². The van der Waals surface area contributed by atoms with E-state index in [9.17, 15) is 4.79 Å². The molecule has 3 nitrogen and oxygen atoms in total. The summed E-state index contributed by atoms with van der Waals surface area (Å²) in [5.74, 6) is -0.342. The zero-order valence-corrected chi connectivity index (χ0v) is 7.93. The summed E-state index contributed by atoms with van der Waals surface area (Å²) < 4.78 is 5.28. The van der Waals surface area contributed by atoms with Crippen molar-refractivity contribution >= 4 is 5.97 Å². The lowest BCUT2D eigenvalue weighted by molar-refractivity contribution is 0.0697. The van der Waals surface area contributed by atoms with Crippen LogP contribution in [-0.4, -0.2) is 17.7 Å². The van der Waals surface area contributed by atoms with Gasteiger partial charge in [0.15, 0.2) is 0 Å². The molecule has 0 saturated carbocycles. The first kappa shape index (κ1) is 10.6. The lowest BCUT2D eigenvalue weighted by Gasteiger charge is -2.07. The van der Waals surface area contributed by atoms with Gasteiger partial charge in [-0.2, -0.15) is 0 Å². The highest BCUT2D eigenvalue weighted by molar-refractivity contribution is 5.87. The van der Waals surface area contributed by atoms with Crippen LogP contribution in [-0.2, 0) is 0 Å². The summed E-state index contributed by atoms with van der Waals surface area (Å²) in [6.07, 6.45) is 0. The van der Waals surface area contributed by atoms with Crippen molar-refractivity contribution in [3.8, 4) is 5.75 Å². The van der Waals surface area contributed by atoms with Gasteiger partial charge >= 0.3 is 5.97 Å². The lowest BCUT2D eigenvalue weighted by atomic mass is 10.2. The number of hydrogen-bond donors (Lipinski definition) is 1. The van der Waals surface area contributed by atoms with E-state index in [0.717, 1.165) is 0 Å². The Kier molecular flexibility index (Phi) is 3.51. The summed E-state index contributed by atoms with van der Waals surface area (Å²) >= 11 is 0. The molecule has 1 N–H and O–H groups in total. The number of carbonyl (C=O) groups is 1. The molecule has 0 saturated heterocycles. The van der Waals surface area contributed by atoms with Crippen molar-refractivity contribution in [1.29, 1.82) is 0 Å². The standard InChI is InChI=1S/C11H12O3/c1-8(2)7-14-10-5-3-9(4-6-10)11(12)13/h1,3-6,8H,7H2,2H3,(H,12,13). The lowest BCUT2D eigenvalue weighted by Crippen LogP contribution is -2.05. The zero-order valence-electron chi connectivity index (χ0n) is 7.93. The van der Waals surface area contributed by atoms with Crippen LogP contribution in [0.25, 0.3) is 0 Å². The molecule has 0 aromatic heterocycles. The quantitative estimate of drug-likeness (QED) is 0.794. The molecular weight excluding hydrogens is 180 g/mol. The third-order valence-corrected chi connectivity index (χ3v) is 1.61. The number of rotatable bonds is 4. The second kappa shape index (κ2) is 4.65. The van der Waals surface area contributed by atoms with Crippen LogP contribution in [0.15, 0.2) is 24.3 Å². The van der Waals surface area contributed by atoms with Gasteiger partial charge in [-0.25, -0.2) is 4.79 Å². The van der Waals surface area contributed by atoms with Gasteiger partial charge in [0.1, 0.15) is 5.75 Å². The molecule has 3 heteroatoms. The van der Waals surface area contributed by atoms with E-state index in [1.807, 2.05) is 6.92 Å². The second-order valence-corrected chi connectivity index (χ2v) is 3.12. The van der Waals surface area contributed by atoms with Gasteiger partial charge in [-0.3, -0.25) is 0 Å². The predicted octanol–water partition coefficient (Wildman–Crippen LogP) is 2.11. The molecule has 74 valence electrons. The van der Waals surface area contributed by atoms with E-state index < -0.39 is 5.97 Å². The Morgan fingerprint density at radius 3 is 2.50 bits per heavy atom. The van der Waals surface area contributed by atoms with Crippen LogP contribution in [0.1, 0.15) is 17.3 Å². The summed E-state index contributed by atoms with van der Waals surface area (Å²) in [5.41, 5.74) is 0.248. The van der Waals surface area contributed by atoms with Gasteiger partial charge in [-0.1, -0.05) is 6.92 Å². The molecule has 1 rings (SSSR count). The SMILES string of the molecule is [CH]C(C)COc1ccc(C(=O)O)cc1. The van der Waals surface area contributed by atoms with Gasteiger partial charge in [0, 0.05) is 0 Å². The van der Waals surface area contributed by atoms with Crippen molar-refractivity contribution < 1.29 is 14.6 Å². The van der Waals surface area contributed by atoms with Gasteiger partial charge in [0.05, 0.1) is 12.2 Å². The fourth-order valence-corrected chi connectivity index (χ4v) is 0.921. The molecule has 1 aromatic rings. The van der Waals surface area contributed by atoms with Crippen LogP contribution < -0.4 is 4.74 Å². The van der Waals surface area contributed by atoms with Crippen LogP contribution >= 0.6 is 0 Å². The predicted molar refractivity (Wildman–Crippen MR) is 52.4 cm³/mol. The van der Waals surface area contributed by atoms with Crippen molar-refractivity contribution in [1.82, 2.24) is 0 Å². The first-order valence-corrected chi connectivity index (χ1v) is 4.31. The summed E-state index contributed by atoms with van der Waals surface area (Å²) in [4.78, 5) is 10.5. The average molecular weight is 192 g/mol. The highest BCUT2D eigenvalue weighted by Gasteiger charge is 2.02. The van der Waals surface area contributed by atoms with E-state index in [-0.39, 0.29) is 11.5 Å². The number of benzene rings is 1. The molecule has 1 atom stereocenters. The van der Waals surface area contributed by atoms with E-state index in [1.54, 1.807) is 12.1 Å². The molecular formula is C11H12O3. The Balaban J connectivity index is 2.60. The fourth-order valence-electron chi connectivity index (χ4n) is 0.921. The molecule has 0 heterocycles. The zero-order chi connectivity index (χ0) is 10.6. The minimum absolute atomic E-state index is 0.0332. The molecule has 1 aromatic carbocycles. The van der Waals surface area contributed by atoms with Crippen LogP contribution in [0.2, 0.25) is 0 Å². The smallest absolute Gasteiger partial charge is 0.335 e. The van der Waals surface area contributed by atoms with E-state index >= 15 is 0 Å². The summed E-state index contributed by atoms with van der Waals surface area (Å²) in [7, 11) is 0. The maximum Gasteiger partial charge on any atom is 0.335 e.